The summed E-state index contributed by atoms with van der Waals surface area (Å²) < 4.78 is 10.7. The summed E-state index contributed by atoms with van der Waals surface area (Å²) in [5, 5.41) is 6.05. The minimum absolute atomic E-state index is 0.197. The number of anilines is 1. The van der Waals surface area contributed by atoms with Crippen LogP contribution in [0.4, 0.5) is 10.5 Å². The van der Waals surface area contributed by atoms with E-state index in [1.54, 1.807) is 14.2 Å². The largest absolute Gasteiger partial charge is 0.493 e. The topological polar surface area (TPSA) is 59.6 Å². The van der Waals surface area contributed by atoms with E-state index >= 15 is 0 Å². The smallest absolute Gasteiger partial charge is 0.319 e. The predicted octanol–water partition coefficient (Wildman–Crippen LogP) is 4.13. The van der Waals surface area contributed by atoms with Gasteiger partial charge in [0.1, 0.15) is 0 Å². The van der Waals surface area contributed by atoms with Crippen LogP contribution in [0.25, 0.3) is 0 Å². The molecule has 0 heterocycles. The van der Waals surface area contributed by atoms with Gasteiger partial charge in [-0.05, 0) is 67.6 Å². The number of ether oxygens (including phenoxy) is 2. The van der Waals surface area contributed by atoms with Gasteiger partial charge >= 0.3 is 6.03 Å². The Labute approximate surface area is 148 Å². The summed E-state index contributed by atoms with van der Waals surface area (Å²) in [5.74, 6) is 1.35. The van der Waals surface area contributed by atoms with Gasteiger partial charge in [-0.2, -0.15) is 0 Å². The molecule has 0 saturated heterocycles. The number of benzene rings is 2. The van der Waals surface area contributed by atoms with E-state index in [1.807, 2.05) is 44.2 Å². The monoisotopic (exact) mass is 340 g/mol. The van der Waals surface area contributed by atoms with Crippen LogP contribution in [-0.2, 0) is 5.54 Å². The average molecular weight is 340 g/mol. The van der Waals surface area contributed by atoms with Crippen molar-refractivity contribution in [2.45, 2.75) is 32.2 Å². The second-order valence-corrected chi connectivity index (χ2v) is 6.61. The SMILES string of the molecule is COc1ccc(C2(NC(=O)Nc3cc(C)cc(C)c3)CC2)cc1OC. The van der Waals surface area contributed by atoms with Gasteiger partial charge in [0, 0.05) is 5.69 Å². The minimum atomic E-state index is -0.331. The molecule has 0 atom stereocenters. The zero-order valence-corrected chi connectivity index (χ0v) is 15.1. The summed E-state index contributed by atoms with van der Waals surface area (Å²) in [6.07, 6.45) is 1.81. The average Bonchev–Trinajstić information content (AvgIpc) is 3.33. The molecule has 0 radical (unpaired) electrons. The van der Waals surface area contributed by atoms with E-state index in [9.17, 15) is 4.79 Å². The maximum Gasteiger partial charge on any atom is 0.319 e. The van der Waals surface area contributed by atoms with E-state index in [0.29, 0.717) is 11.5 Å². The molecule has 0 unspecified atom stereocenters. The van der Waals surface area contributed by atoms with Crippen LogP contribution in [-0.4, -0.2) is 20.3 Å². The Morgan fingerprint density at radius 1 is 0.960 bits per heavy atom. The maximum atomic E-state index is 12.5. The van der Waals surface area contributed by atoms with E-state index in [0.717, 1.165) is 35.2 Å². The zero-order valence-electron chi connectivity index (χ0n) is 15.1. The Morgan fingerprint density at radius 3 is 2.16 bits per heavy atom. The fourth-order valence-electron chi connectivity index (χ4n) is 3.17. The van der Waals surface area contributed by atoms with Crippen LogP contribution in [0.5, 0.6) is 11.5 Å². The molecule has 2 aromatic rings. The van der Waals surface area contributed by atoms with Gasteiger partial charge in [0.25, 0.3) is 0 Å². The van der Waals surface area contributed by atoms with E-state index in [-0.39, 0.29) is 11.6 Å². The third kappa shape index (κ3) is 3.71. The lowest BCUT2D eigenvalue weighted by atomic mass is 10.0. The van der Waals surface area contributed by atoms with Gasteiger partial charge < -0.3 is 20.1 Å². The Balaban J connectivity index is 1.74. The highest BCUT2D eigenvalue weighted by molar-refractivity contribution is 5.90. The molecule has 5 heteroatoms. The van der Waals surface area contributed by atoms with Gasteiger partial charge in [-0.25, -0.2) is 4.79 Å². The number of aryl methyl sites for hydroxylation is 2. The van der Waals surface area contributed by atoms with Crippen molar-refractivity contribution in [2.75, 3.05) is 19.5 Å². The number of hydrogen-bond donors (Lipinski definition) is 2. The predicted molar refractivity (Wildman–Crippen MR) is 98.5 cm³/mol. The summed E-state index contributed by atoms with van der Waals surface area (Å²) in [6, 6.07) is 11.6. The van der Waals surface area contributed by atoms with Crippen LogP contribution >= 0.6 is 0 Å². The van der Waals surface area contributed by atoms with E-state index < -0.39 is 0 Å². The zero-order chi connectivity index (χ0) is 18.0. The molecule has 1 aliphatic carbocycles. The lowest BCUT2D eigenvalue weighted by Crippen LogP contribution is -2.38. The molecular formula is C20H24N2O3. The Morgan fingerprint density at radius 2 is 1.60 bits per heavy atom. The Kier molecular flexibility index (Phi) is 4.57. The number of carbonyl (C=O) groups excluding carboxylic acids is 1. The van der Waals surface area contributed by atoms with Gasteiger partial charge in [0.2, 0.25) is 0 Å². The van der Waals surface area contributed by atoms with Crippen LogP contribution in [0.1, 0.15) is 29.5 Å². The molecular weight excluding hydrogens is 316 g/mol. The lowest BCUT2D eigenvalue weighted by molar-refractivity contribution is 0.247. The van der Waals surface area contributed by atoms with Crippen molar-refractivity contribution in [1.82, 2.24) is 5.32 Å². The molecule has 0 aliphatic heterocycles. The van der Waals surface area contributed by atoms with Crippen LogP contribution in [0.15, 0.2) is 36.4 Å². The number of nitrogens with one attached hydrogen (secondary N) is 2. The van der Waals surface area contributed by atoms with Crippen molar-refractivity contribution in [3.63, 3.8) is 0 Å². The first-order valence-electron chi connectivity index (χ1n) is 8.36. The summed E-state index contributed by atoms with van der Waals surface area (Å²) in [7, 11) is 3.22. The molecule has 25 heavy (non-hydrogen) atoms. The van der Waals surface area contributed by atoms with E-state index in [1.165, 1.54) is 0 Å². The van der Waals surface area contributed by atoms with E-state index in [4.69, 9.17) is 9.47 Å². The van der Waals surface area contributed by atoms with Gasteiger partial charge in [0.15, 0.2) is 11.5 Å². The maximum absolute atomic E-state index is 12.5. The first-order chi connectivity index (χ1) is 12.0. The molecule has 5 nitrogen and oxygen atoms in total. The first-order valence-corrected chi connectivity index (χ1v) is 8.36. The number of carbonyl (C=O) groups is 1. The number of amides is 2. The molecule has 2 aromatic carbocycles. The third-order valence-corrected chi connectivity index (χ3v) is 4.52. The summed E-state index contributed by atoms with van der Waals surface area (Å²) >= 11 is 0. The number of methoxy groups -OCH3 is 2. The molecule has 1 aliphatic rings. The first kappa shape index (κ1) is 17.1. The highest BCUT2D eigenvalue weighted by atomic mass is 16.5. The molecule has 1 fully saturated rings. The minimum Gasteiger partial charge on any atom is -0.493 e. The molecule has 3 rings (SSSR count). The molecule has 2 amide bonds. The van der Waals surface area contributed by atoms with Crippen LogP contribution in [0.3, 0.4) is 0 Å². The van der Waals surface area contributed by atoms with Crippen LogP contribution < -0.4 is 20.1 Å². The fourth-order valence-corrected chi connectivity index (χ4v) is 3.17. The van der Waals surface area contributed by atoms with Crippen molar-refractivity contribution in [1.29, 1.82) is 0 Å². The highest BCUT2D eigenvalue weighted by Gasteiger charge is 2.46. The lowest BCUT2D eigenvalue weighted by Gasteiger charge is -2.20. The highest BCUT2D eigenvalue weighted by Crippen LogP contribution is 2.47. The van der Waals surface area contributed by atoms with Gasteiger partial charge in [-0.1, -0.05) is 12.1 Å². The van der Waals surface area contributed by atoms with Crippen LogP contribution in [0.2, 0.25) is 0 Å². The second-order valence-electron chi connectivity index (χ2n) is 6.61. The van der Waals surface area contributed by atoms with Gasteiger partial charge in [-0.15, -0.1) is 0 Å². The van der Waals surface area contributed by atoms with Gasteiger partial charge in [-0.3, -0.25) is 0 Å². The molecule has 0 bridgehead atoms. The normalized spacial score (nSPS) is 14.6. The van der Waals surface area contributed by atoms with Crippen molar-refractivity contribution in [3.05, 3.63) is 53.1 Å². The Hall–Kier alpha value is -2.69. The number of urea groups is 1. The van der Waals surface area contributed by atoms with E-state index in [2.05, 4.69) is 16.7 Å². The van der Waals surface area contributed by atoms with Crippen molar-refractivity contribution in [3.8, 4) is 11.5 Å². The van der Waals surface area contributed by atoms with Crippen LogP contribution in [0, 0.1) is 13.8 Å². The summed E-state index contributed by atoms with van der Waals surface area (Å²) in [5.41, 5.74) is 3.74. The number of hydrogen-bond acceptors (Lipinski definition) is 3. The second kappa shape index (κ2) is 6.67. The summed E-state index contributed by atoms with van der Waals surface area (Å²) in [6.45, 7) is 4.03. The fraction of sp³-hybridized carbons (Fsp3) is 0.350. The van der Waals surface area contributed by atoms with Crippen molar-refractivity contribution < 1.29 is 14.3 Å². The number of rotatable bonds is 5. The third-order valence-electron chi connectivity index (χ3n) is 4.52. The molecule has 1 saturated carbocycles. The standard InChI is InChI=1S/C20H24N2O3/c1-13-9-14(2)11-16(10-13)21-19(23)22-20(7-8-20)15-5-6-17(24-3)18(12-15)25-4/h5-6,9-12H,7-8H2,1-4H3,(H2,21,22,23). The van der Waals surface area contributed by atoms with Crippen molar-refractivity contribution in [2.24, 2.45) is 0 Å². The molecule has 2 N–H and O–H groups in total. The molecule has 0 aromatic heterocycles. The van der Waals surface area contributed by atoms with Gasteiger partial charge in [0.05, 0.1) is 19.8 Å². The van der Waals surface area contributed by atoms with Crippen molar-refractivity contribution >= 4 is 11.7 Å². The summed E-state index contributed by atoms with van der Waals surface area (Å²) in [4.78, 5) is 12.5. The Bertz CT molecular complexity index is 777. The molecule has 132 valence electrons. The quantitative estimate of drug-likeness (QED) is 0.860. The molecule has 0 spiro atoms.